The van der Waals surface area contributed by atoms with Gasteiger partial charge in [0.15, 0.2) is 11.5 Å². The Morgan fingerprint density at radius 1 is 1.08 bits per heavy atom. The van der Waals surface area contributed by atoms with Gasteiger partial charge >= 0.3 is 0 Å². The van der Waals surface area contributed by atoms with Crippen molar-refractivity contribution in [2.24, 2.45) is 0 Å². The highest BCUT2D eigenvalue weighted by molar-refractivity contribution is 7.92. The third-order valence-corrected chi connectivity index (χ3v) is 4.79. The zero-order valence-electron chi connectivity index (χ0n) is 15.1. The number of rotatable bonds is 7. The monoisotopic (exact) mass is 378 g/mol. The van der Waals surface area contributed by atoms with E-state index in [9.17, 15) is 13.2 Å². The van der Waals surface area contributed by atoms with E-state index >= 15 is 0 Å². The molecule has 0 aromatic heterocycles. The number of benzene rings is 2. The van der Waals surface area contributed by atoms with Gasteiger partial charge in [-0.3, -0.25) is 9.10 Å². The van der Waals surface area contributed by atoms with Crippen LogP contribution in [0.4, 0.5) is 11.4 Å². The van der Waals surface area contributed by atoms with Gasteiger partial charge in [-0.05, 0) is 36.8 Å². The van der Waals surface area contributed by atoms with E-state index in [0.717, 1.165) is 16.1 Å². The van der Waals surface area contributed by atoms with E-state index in [1.807, 2.05) is 13.0 Å². The molecule has 2 rings (SSSR count). The van der Waals surface area contributed by atoms with E-state index in [2.05, 4.69) is 5.32 Å². The first-order valence-electron chi connectivity index (χ1n) is 7.81. The van der Waals surface area contributed by atoms with Crippen LogP contribution in [0.5, 0.6) is 11.5 Å². The van der Waals surface area contributed by atoms with E-state index in [4.69, 9.17) is 9.47 Å². The molecule has 0 unspecified atom stereocenters. The lowest BCUT2D eigenvalue weighted by Crippen LogP contribution is -2.37. The average Bonchev–Trinajstić information content (AvgIpc) is 2.58. The van der Waals surface area contributed by atoms with E-state index in [1.54, 1.807) is 36.4 Å². The van der Waals surface area contributed by atoms with Crippen LogP contribution in [0.3, 0.4) is 0 Å². The highest BCUT2D eigenvalue weighted by Gasteiger charge is 2.21. The summed E-state index contributed by atoms with van der Waals surface area (Å²) in [4.78, 5) is 12.4. The number of aryl methyl sites for hydroxylation is 1. The molecule has 0 saturated heterocycles. The minimum absolute atomic E-state index is 0.337. The molecule has 2 aromatic rings. The maximum Gasteiger partial charge on any atom is 0.245 e. The molecule has 8 heteroatoms. The van der Waals surface area contributed by atoms with Crippen molar-refractivity contribution in [1.82, 2.24) is 0 Å². The molecule has 0 aliphatic carbocycles. The summed E-state index contributed by atoms with van der Waals surface area (Å²) in [6.45, 7) is 1.52. The number of carbonyl (C=O) groups excluding carboxylic acids is 1. The molecule has 140 valence electrons. The number of ether oxygens (including phenoxy) is 2. The van der Waals surface area contributed by atoms with Crippen molar-refractivity contribution >= 4 is 27.3 Å². The lowest BCUT2D eigenvalue weighted by Gasteiger charge is -2.22. The molecule has 0 bridgehead atoms. The molecule has 0 aliphatic heterocycles. The van der Waals surface area contributed by atoms with Crippen molar-refractivity contribution in [3.63, 3.8) is 0 Å². The molecular weight excluding hydrogens is 356 g/mol. The van der Waals surface area contributed by atoms with E-state index in [-0.39, 0.29) is 6.54 Å². The van der Waals surface area contributed by atoms with Crippen molar-refractivity contribution in [1.29, 1.82) is 0 Å². The van der Waals surface area contributed by atoms with Gasteiger partial charge in [0.25, 0.3) is 0 Å². The van der Waals surface area contributed by atoms with Crippen LogP contribution in [0.25, 0.3) is 0 Å². The number of anilines is 2. The zero-order chi connectivity index (χ0) is 19.3. The maximum absolute atomic E-state index is 12.4. The van der Waals surface area contributed by atoms with Gasteiger partial charge in [-0.2, -0.15) is 0 Å². The number of nitrogens with one attached hydrogen (secondary N) is 1. The SMILES string of the molecule is COc1ccc(NC(=O)CN(c2cccc(C)c2)S(C)(=O)=O)cc1OC. The molecule has 0 aliphatic rings. The molecule has 0 radical (unpaired) electrons. The number of nitrogens with zero attached hydrogens (tertiary/aromatic N) is 1. The molecule has 0 heterocycles. The van der Waals surface area contributed by atoms with Crippen LogP contribution in [0.15, 0.2) is 42.5 Å². The van der Waals surface area contributed by atoms with E-state index < -0.39 is 15.9 Å². The van der Waals surface area contributed by atoms with Crippen LogP contribution >= 0.6 is 0 Å². The molecule has 0 spiro atoms. The Morgan fingerprint density at radius 3 is 2.35 bits per heavy atom. The van der Waals surface area contributed by atoms with E-state index in [1.165, 1.54) is 14.2 Å². The van der Waals surface area contributed by atoms with Crippen LogP contribution in [-0.4, -0.2) is 41.3 Å². The number of sulfonamides is 1. The average molecular weight is 378 g/mol. The van der Waals surface area contributed by atoms with E-state index in [0.29, 0.717) is 22.9 Å². The van der Waals surface area contributed by atoms with Gasteiger partial charge in [0, 0.05) is 11.8 Å². The van der Waals surface area contributed by atoms with Gasteiger partial charge in [0.2, 0.25) is 15.9 Å². The summed E-state index contributed by atoms with van der Waals surface area (Å²) in [5.41, 5.74) is 1.82. The Kier molecular flexibility index (Phi) is 6.10. The molecule has 1 N–H and O–H groups in total. The third-order valence-electron chi connectivity index (χ3n) is 3.64. The van der Waals surface area contributed by atoms with Gasteiger partial charge in [-0.25, -0.2) is 8.42 Å². The second kappa shape index (κ2) is 8.09. The van der Waals surface area contributed by atoms with Gasteiger partial charge in [0.1, 0.15) is 6.54 Å². The second-order valence-corrected chi connectivity index (χ2v) is 7.63. The van der Waals surface area contributed by atoms with Crippen molar-refractivity contribution in [3.05, 3.63) is 48.0 Å². The highest BCUT2D eigenvalue weighted by Crippen LogP contribution is 2.29. The first kappa shape index (κ1) is 19.6. The van der Waals surface area contributed by atoms with Gasteiger partial charge in [-0.1, -0.05) is 12.1 Å². The molecule has 0 saturated carbocycles. The summed E-state index contributed by atoms with van der Waals surface area (Å²) >= 11 is 0. The minimum atomic E-state index is -3.62. The molecular formula is C18H22N2O5S. The predicted octanol–water partition coefficient (Wildman–Crippen LogP) is 2.42. The van der Waals surface area contributed by atoms with Crippen LogP contribution < -0.4 is 19.1 Å². The zero-order valence-corrected chi connectivity index (χ0v) is 16.0. The molecule has 0 fully saturated rings. The fourth-order valence-electron chi connectivity index (χ4n) is 2.43. The Bertz CT molecular complexity index is 896. The van der Waals surface area contributed by atoms with Crippen LogP contribution in [-0.2, 0) is 14.8 Å². The van der Waals surface area contributed by atoms with Gasteiger partial charge < -0.3 is 14.8 Å². The summed E-state index contributed by atoms with van der Waals surface area (Å²) in [5, 5.41) is 2.67. The predicted molar refractivity (Wildman–Crippen MR) is 102 cm³/mol. The Hall–Kier alpha value is -2.74. The molecule has 7 nitrogen and oxygen atoms in total. The number of hydrogen-bond acceptors (Lipinski definition) is 5. The maximum atomic E-state index is 12.4. The Balaban J connectivity index is 2.20. The van der Waals surface area contributed by atoms with Crippen molar-refractivity contribution in [2.45, 2.75) is 6.92 Å². The quantitative estimate of drug-likeness (QED) is 0.800. The number of carbonyl (C=O) groups is 1. The fraction of sp³-hybridized carbons (Fsp3) is 0.278. The normalized spacial score (nSPS) is 10.9. The summed E-state index contributed by atoms with van der Waals surface area (Å²) in [6, 6.07) is 11.9. The van der Waals surface area contributed by atoms with Crippen molar-refractivity contribution in [3.8, 4) is 11.5 Å². The molecule has 0 atom stereocenters. The fourth-order valence-corrected chi connectivity index (χ4v) is 3.28. The van der Waals surface area contributed by atoms with Crippen LogP contribution in [0.2, 0.25) is 0 Å². The molecule has 26 heavy (non-hydrogen) atoms. The summed E-state index contributed by atoms with van der Waals surface area (Å²) < 4.78 is 35.7. The second-order valence-electron chi connectivity index (χ2n) is 5.73. The van der Waals surface area contributed by atoms with Gasteiger partial charge in [0.05, 0.1) is 26.2 Å². The topological polar surface area (TPSA) is 84.9 Å². The number of amides is 1. The Labute approximate surface area is 153 Å². The van der Waals surface area contributed by atoms with Gasteiger partial charge in [-0.15, -0.1) is 0 Å². The van der Waals surface area contributed by atoms with Crippen molar-refractivity contribution < 1.29 is 22.7 Å². The Morgan fingerprint density at radius 2 is 1.77 bits per heavy atom. The van der Waals surface area contributed by atoms with Crippen LogP contribution in [0.1, 0.15) is 5.56 Å². The molecule has 1 amide bonds. The summed E-state index contributed by atoms with van der Waals surface area (Å²) in [5.74, 6) is 0.524. The first-order valence-corrected chi connectivity index (χ1v) is 9.65. The largest absolute Gasteiger partial charge is 0.493 e. The smallest absolute Gasteiger partial charge is 0.245 e. The third kappa shape index (κ3) is 4.89. The lowest BCUT2D eigenvalue weighted by molar-refractivity contribution is -0.114. The standard InChI is InChI=1S/C18H22N2O5S/c1-13-6-5-7-15(10-13)20(26(4,22)23)12-18(21)19-14-8-9-16(24-2)17(11-14)25-3/h5-11H,12H2,1-4H3,(H,19,21). The highest BCUT2D eigenvalue weighted by atomic mass is 32.2. The number of hydrogen-bond donors (Lipinski definition) is 1. The van der Waals surface area contributed by atoms with Crippen LogP contribution in [0, 0.1) is 6.92 Å². The lowest BCUT2D eigenvalue weighted by atomic mass is 10.2. The number of methoxy groups -OCH3 is 2. The summed E-state index contributed by atoms with van der Waals surface area (Å²) in [7, 11) is -0.609. The molecule has 2 aromatic carbocycles. The van der Waals surface area contributed by atoms with Crippen molar-refractivity contribution in [2.75, 3.05) is 36.6 Å². The minimum Gasteiger partial charge on any atom is -0.493 e. The summed E-state index contributed by atoms with van der Waals surface area (Å²) in [6.07, 6.45) is 1.07. The first-order chi connectivity index (χ1) is 12.2.